The minimum Gasteiger partial charge on any atom is -0.462 e. The molecule has 0 bridgehead atoms. The summed E-state index contributed by atoms with van der Waals surface area (Å²) in [5, 5.41) is 10.6. The number of carbonyl (C=O) groups excluding carboxylic acids is 4. The lowest BCUT2D eigenvalue weighted by Gasteiger charge is -2.21. The van der Waals surface area contributed by atoms with Crippen LogP contribution in [0.1, 0.15) is 363 Å². The summed E-state index contributed by atoms with van der Waals surface area (Å²) in [6, 6.07) is 0. The zero-order chi connectivity index (χ0) is 66.5. The van der Waals surface area contributed by atoms with Crippen molar-refractivity contribution in [3.8, 4) is 0 Å². The summed E-state index contributed by atoms with van der Waals surface area (Å²) < 4.78 is 68.3. The van der Waals surface area contributed by atoms with Gasteiger partial charge in [-0.05, 0) is 37.5 Å². The SMILES string of the molecule is CCCCCCCCCCCCCCCCC(=O)OC[C@H](COP(=O)(O)OC[C@@H](O)COP(=O)(O)OC[C@@H](COC(=O)CCCCCCCCCCCCC)OC(=O)CCCCCCCCCCC(C)C)OC(=O)CCCCCCCCCCCCCC(C)C. The summed E-state index contributed by atoms with van der Waals surface area (Å²) in [5.74, 6) is -0.639. The van der Waals surface area contributed by atoms with E-state index < -0.39 is 97.5 Å². The van der Waals surface area contributed by atoms with Gasteiger partial charge in [0.05, 0.1) is 26.4 Å². The third kappa shape index (κ3) is 64.8. The molecule has 0 fully saturated rings. The minimum atomic E-state index is -4.95. The number of aliphatic hydroxyl groups is 1. The molecular formula is C71H138O17P2. The molecule has 0 aliphatic heterocycles. The quantitative estimate of drug-likeness (QED) is 0.0222. The van der Waals surface area contributed by atoms with E-state index in [1.165, 1.54) is 180 Å². The van der Waals surface area contributed by atoms with E-state index in [1.807, 2.05) is 0 Å². The van der Waals surface area contributed by atoms with Crippen LogP contribution in [0.4, 0.5) is 0 Å². The van der Waals surface area contributed by atoms with E-state index in [0.29, 0.717) is 25.7 Å². The highest BCUT2D eigenvalue weighted by molar-refractivity contribution is 7.47. The molecule has 19 heteroatoms. The van der Waals surface area contributed by atoms with E-state index in [-0.39, 0.29) is 25.7 Å². The summed E-state index contributed by atoms with van der Waals surface area (Å²) in [6.07, 6.45) is 48.5. The first kappa shape index (κ1) is 88.1. The predicted octanol–water partition coefficient (Wildman–Crippen LogP) is 20.4. The van der Waals surface area contributed by atoms with Crippen molar-refractivity contribution in [2.75, 3.05) is 39.6 Å². The molecule has 534 valence electrons. The molecular weight excluding hydrogens is 1190 g/mol. The molecule has 0 rings (SSSR count). The van der Waals surface area contributed by atoms with Crippen molar-refractivity contribution in [3.63, 3.8) is 0 Å². The van der Waals surface area contributed by atoms with Crippen LogP contribution >= 0.6 is 15.6 Å². The van der Waals surface area contributed by atoms with Crippen molar-refractivity contribution in [2.45, 2.75) is 381 Å². The zero-order valence-corrected chi connectivity index (χ0v) is 60.2. The van der Waals surface area contributed by atoms with Crippen LogP contribution < -0.4 is 0 Å². The third-order valence-electron chi connectivity index (χ3n) is 16.5. The fourth-order valence-electron chi connectivity index (χ4n) is 10.8. The highest BCUT2D eigenvalue weighted by atomic mass is 31.2. The summed E-state index contributed by atoms with van der Waals surface area (Å²) in [4.78, 5) is 72.6. The number of phosphoric ester groups is 2. The number of unbranched alkanes of at least 4 members (excludes halogenated alkanes) is 40. The highest BCUT2D eigenvalue weighted by Gasteiger charge is 2.30. The van der Waals surface area contributed by atoms with Gasteiger partial charge in [-0.3, -0.25) is 37.3 Å². The normalized spacial score (nSPS) is 14.1. The zero-order valence-electron chi connectivity index (χ0n) is 58.4. The number of esters is 4. The number of phosphoric acid groups is 2. The average Bonchev–Trinajstić information content (AvgIpc) is 3.71. The van der Waals surface area contributed by atoms with Crippen LogP contribution in [0.2, 0.25) is 0 Å². The monoisotopic (exact) mass is 1320 g/mol. The Morgan fingerprint density at radius 1 is 0.300 bits per heavy atom. The lowest BCUT2D eigenvalue weighted by atomic mass is 10.0. The van der Waals surface area contributed by atoms with Crippen molar-refractivity contribution in [1.29, 1.82) is 0 Å². The van der Waals surface area contributed by atoms with Crippen molar-refractivity contribution in [2.24, 2.45) is 11.8 Å². The van der Waals surface area contributed by atoms with E-state index >= 15 is 0 Å². The molecule has 5 atom stereocenters. The van der Waals surface area contributed by atoms with Gasteiger partial charge in [-0.2, -0.15) is 0 Å². The van der Waals surface area contributed by atoms with Crippen molar-refractivity contribution in [3.05, 3.63) is 0 Å². The number of aliphatic hydroxyl groups excluding tert-OH is 1. The van der Waals surface area contributed by atoms with E-state index in [9.17, 15) is 43.2 Å². The Morgan fingerprint density at radius 2 is 0.511 bits per heavy atom. The van der Waals surface area contributed by atoms with Crippen LogP contribution in [0.3, 0.4) is 0 Å². The van der Waals surface area contributed by atoms with Crippen LogP contribution in [0, 0.1) is 11.8 Å². The summed E-state index contributed by atoms with van der Waals surface area (Å²) in [5.41, 5.74) is 0. The van der Waals surface area contributed by atoms with Gasteiger partial charge in [0.25, 0.3) is 0 Å². The second kappa shape index (κ2) is 63.1. The first-order chi connectivity index (χ1) is 43.4. The molecule has 0 aromatic heterocycles. The van der Waals surface area contributed by atoms with Gasteiger partial charge in [-0.25, -0.2) is 9.13 Å². The molecule has 17 nitrogen and oxygen atoms in total. The maximum atomic E-state index is 13.0. The van der Waals surface area contributed by atoms with Crippen LogP contribution in [0.15, 0.2) is 0 Å². The predicted molar refractivity (Wildman–Crippen MR) is 363 cm³/mol. The molecule has 2 unspecified atom stereocenters. The maximum Gasteiger partial charge on any atom is 0.472 e. The molecule has 0 heterocycles. The molecule has 3 N–H and O–H groups in total. The molecule has 0 spiro atoms. The average molecular weight is 1330 g/mol. The lowest BCUT2D eigenvalue weighted by molar-refractivity contribution is -0.161. The minimum absolute atomic E-state index is 0.105. The summed E-state index contributed by atoms with van der Waals surface area (Å²) >= 11 is 0. The highest BCUT2D eigenvalue weighted by Crippen LogP contribution is 2.45. The van der Waals surface area contributed by atoms with Crippen molar-refractivity contribution in [1.82, 2.24) is 0 Å². The second-order valence-electron chi connectivity index (χ2n) is 26.6. The van der Waals surface area contributed by atoms with E-state index in [1.54, 1.807) is 0 Å². The largest absolute Gasteiger partial charge is 0.472 e. The molecule has 0 aliphatic rings. The number of hydrogen-bond acceptors (Lipinski definition) is 15. The van der Waals surface area contributed by atoms with E-state index in [0.717, 1.165) is 102 Å². The van der Waals surface area contributed by atoms with Crippen LogP contribution in [0.5, 0.6) is 0 Å². The third-order valence-corrected chi connectivity index (χ3v) is 18.4. The summed E-state index contributed by atoms with van der Waals surface area (Å²) in [7, 11) is -9.90. The van der Waals surface area contributed by atoms with Gasteiger partial charge in [0.1, 0.15) is 19.3 Å². The Hall–Kier alpha value is -1.94. The molecule has 0 radical (unpaired) electrons. The van der Waals surface area contributed by atoms with Gasteiger partial charge < -0.3 is 33.8 Å². The fraction of sp³-hybridized carbons (Fsp3) is 0.944. The van der Waals surface area contributed by atoms with Gasteiger partial charge >= 0.3 is 39.5 Å². The molecule has 0 aliphatic carbocycles. The number of hydrogen-bond donors (Lipinski definition) is 3. The van der Waals surface area contributed by atoms with E-state index in [2.05, 4.69) is 41.5 Å². The Bertz CT molecular complexity index is 1750. The van der Waals surface area contributed by atoms with Crippen molar-refractivity contribution >= 4 is 39.5 Å². The number of rotatable bonds is 70. The summed E-state index contributed by atoms with van der Waals surface area (Å²) in [6.45, 7) is 9.52. The molecule has 0 amide bonds. The van der Waals surface area contributed by atoms with Crippen molar-refractivity contribution < 1.29 is 80.2 Å². The maximum absolute atomic E-state index is 13.0. The van der Waals surface area contributed by atoms with Gasteiger partial charge in [-0.15, -0.1) is 0 Å². The van der Waals surface area contributed by atoms with Gasteiger partial charge in [0, 0.05) is 25.7 Å². The number of carbonyl (C=O) groups is 4. The smallest absolute Gasteiger partial charge is 0.462 e. The van der Waals surface area contributed by atoms with Gasteiger partial charge in [-0.1, -0.05) is 311 Å². The first-order valence-electron chi connectivity index (χ1n) is 37.0. The van der Waals surface area contributed by atoms with Gasteiger partial charge in [0.15, 0.2) is 12.2 Å². The lowest BCUT2D eigenvalue weighted by Crippen LogP contribution is -2.30. The fourth-order valence-corrected chi connectivity index (χ4v) is 12.3. The molecule has 90 heavy (non-hydrogen) atoms. The molecule has 0 aromatic rings. The topological polar surface area (TPSA) is 237 Å². The Balaban J connectivity index is 5.25. The molecule has 0 saturated carbocycles. The Labute approximate surface area is 549 Å². The molecule has 0 saturated heterocycles. The van der Waals surface area contributed by atoms with Gasteiger partial charge in [0.2, 0.25) is 0 Å². The van der Waals surface area contributed by atoms with Crippen LogP contribution in [-0.4, -0.2) is 96.7 Å². The Morgan fingerprint density at radius 3 is 0.756 bits per heavy atom. The first-order valence-corrected chi connectivity index (χ1v) is 40.0. The Kier molecular flexibility index (Phi) is 61.8. The second-order valence-corrected chi connectivity index (χ2v) is 29.5. The standard InChI is InChI=1S/C71H138O17P2/c1-7-9-11-13-15-17-19-20-21-25-29-36-42-48-54-69(74)82-59-66(87-70(75)55-49-43-37-30-26-22-24-27-33-39-45-51-63(3)4)61-85-89(77,78)83-57-65(72)58-84-90(79,80)86-62-67(88-71(76)56-50-44-38-32-31-34-40-46-52-64(5)6)60-81-68(73)53-47-41-35-28-23-18-16-14-12-10-8-2/h63-67,72H,7-62H2,1-6H3,(H,77,78)(H,79,80)/t65-,66-,67-/m1/s1. The van der Waals surface area contributed by atoms with Crippen LogP contribution in [-0.2, 0) is 65.4 Å². The number of ether oxygens (including phenoxy) is 4. The molecule has 0 aromatic carbocycles. The van der Waals surface area contributed by atoms with Crippen LogP contribution in [0.25, 0.3) is 0 Å². The van der Waals surface area contributed by atoms with E-state index in [4.69, 9.17) is 37.0 Å².